The smallest absolute Gasteiger partial charge is 0.355 e. The zero-order valence-electron chi connectivity index (χ0n) is 12.1. The summed E-state index contributed by atoms with van der Waals surface area (Å²) in [5.41, 5.74) is 0.998. The quantitative estimate of drug-likeness (QED) is 0.881. The summed E-state index contributed by atoms with van der Waals surface area (Å²) in [7, 11) is -3.67. The van der Waals surface area contributed by atoms with Crippen LogP contribution < -0.4 is 0 Å². The highest BCUT2D eigenvalue weighted by Gasteiger charge is 2.28. The molecule has 0 spiro atoms. The van der Waals surface area contributed by atoms with Gasteiger partial charge >= 0.3 is 5.97 Å². The van der Waals surface area contributed by atoms with Crippen LogP contribution in [0.5, 0.6) is 0 Å². The molecule has 0 fully saturated rings. The second-order valence-electron chi connectivity index (χ2n) is 4.62. The number of hydrogen-bond donors (Lipinski definition) is 1. The summed E-state index contributed by atoms with van der Waals surface area (Å²) in [6, 6.07) is 8.14. The van der Waals surface area contributed by atoms with Crippen LogP contribution in [0.15, 0.2) is 40.1 Å². The normalized spacial score (nSPS) is 11.4. The summed E-state index contributed by atoms with van der Waals surface area (Å²) in [5.74, 6) is -0.549. The van der Waals surface area contributed by atoms with Crippen LogP contribution >= 0.6 is 0 Å². The average molecular weight is 307 g/mol. The number of rotatable bonds is 4. The number of nitrogens with one attached hydrogen (secondary N) is 1. The molecular weight excluding hydrogens is 290 g/mol. The highest BCUT2D eigenvalue weighted by atomic mass is 32.2. The lowest BCUT2D eigenvalue weighted by Gasteiger charge is -2.05. The van der Waals surface area contributed by atoms with Gasteiger partial charge < -0.3 is 9.72 Å². The average Bonchev–Trinajstić information content (AvgIpc) is 2.76. The van der Waals surface area contributed by atoms with Crippen molar-refractivity contribution in [2.75, 3.05) is 6.61 Å². The van der Waals surface area contributed by atoms with E-state index in [1.54, 1.807) is 39.0 Å². The summed E-state index contributed by atoms with van der Waals surface area (Å²) in [4.78, 5) is 15.0. The Hall–Kier alpha value is -2.08. The standard InChI is InChI=1S/C15H17NO4S/c1-4-20-15(17)13-10(2)14(11(3)16-13)21(18,19)12-8-6-5-7-9-12/h5-9,16H,4H2,1-3H3. The highest BCUT2D eigenvalue weighted by Crippen LogP contribution is 2.29. The first kappa shape index (κ1) is 15.3. The van der Waals surface area contributed by atoms with E-state index in [0.717, 1.165) is 0 Å². The third-order valence-corrected chi connectivity index (χ3v) is 5.21. The molecule has 0 amide bonds. The van der Waals surface area contributed by atoms with E-state index in [1.165, 1.54) is 12.1 Å². The molecule has 2 rings (SSSR count). The number of aromatic nitrogens is 1. The van der Waals surface area contributed by atoms with Crippen molar-refractivity contribution in [3.63, 3.8) is 0 Å². The Labute approximate surface area is 123 Å². The summed E-state index contributed by atoms with van der Waals surface area (Å²) in [6.45, 7) is 5.17. The molecule has 0 atom stereocenters. The van der Waals surface area contributed by atoms with E-state index in [9.17, 15) is 13.2 Å². The number of aromatic amines is 1. The second-order valence-corrected chi connectivity index (χ2v) is 6.50. The maximum absolute atomic E-state index is 12.7. The lowest BCUT2D eigenvalue weighted by atomic mass is 10.2. The van der Waals surface area contributed by atoms with Crippen molar-refractivity contribution in [3.05, 3.63) is 47.3 Å². The van der Waals surface area contributed by atoms with E-state index >= 15 is 0 Å². The lowest BCUT2D eigenvalue weighted by molar-refractivity contribution is 0.0519. The van der Waals surface area contributed by atoms with Crippen molar-refractivity contribution in [2.24, 2.45) is 0 Å². The molecule has 112 valence electrons. The van der Waals surface area contributed by atoms with Crippen molar-refractivity contribution >= 4 is 15.8 Å². The van der Waals surface area contributed by atoms with Crippen LogP contribution in [0.1, 0.15) is 28.7 Å². The van der Waals surface area contributed by atoms with Gasteiger partial charge in [0.05, 0.1) is 16.4 Å². The van der Waals surface area contributed by atoms with Crippen LogP contribution in [0, 0.1) is 13.8 Å². The van der Waals surface area contributed by atoms with Crippen molar-refractivity contribution in [2.45, 2.75) is 30.6 Å². The van der Waals surface area contributed by atoms with E-state index < -0.39 is 15.8 Å². The maximum Gasteiger partial charge on any atom is 0.355 e. The van der Waals surface area contributed by atoms with E-state index in [2.05, 4.69) is 4.98 Å². The van der Waals surface area contributed by atoms with Crippen molar-refractivity contribution in [3.8, 4) is 0 Å². The number of H-pyrrole nitrogens is 1. The minimum Gasteiger partial charge on any atom is -0.461 e. The van der Waals surface area contributed by atoms with E-state index in [0.29, 0.717) is 11.3 Å². The van der Waals surface area contributed by atoms with Crippen LogP contribution in [-0.4, -0.2) is 26.0 Å². The molecule has 0 bridgehead atoms. The molecule has 0 unspecified atom stereocenters. The Balaban J connectivity index is 2.58. The van der Waals surface area contributed by atoms with Gasteiger partial charge in [0.1, 0.15) is 5.69 Å². The van der Waals surface area contributed by atoms with Gasteiger partial charge in [0, 0.05) is 11.3 Å². The molecule has 1 aromatic heterocycles. The van der Waals surface area contributed by atoms with Gasteiger partial charge in [0.2, 0.25) is 9.84 Å². The van der Waals surface area contributed by atoms with Gasteiger partial charge in [0.25, 0.3) is 0 Å². The topological polar surface area (TPSA) is 76.2 Å². The fourth-order valence-corrected chi connectivity index (χ4v) is 3.97. The van der Waals surface area contributed by atoms with Crippen LogP contribution in [0.4, 0.5) is 0 Å². The Morgan fingerprint density at radius 2 is 1.81 bits per heavy atom. The van der Waals surface area contributed by atoms with E-state index in [1.807, 2.05) is 0 Å². The second kappa shape index (κ2) is 5.73. The predicted molar refractivity (Wildman–Crippen MR) is 78.1 cm³/mol. The minimum atomic E-state index is -3.67. The minimum absolute atomic E-state index is 0.136. The van der Waals surface area contributed by atoms with Crippen molar-refractivity contribution in [1.82, 2.24) is 4.98 Å². The van der Waals surface area contributed by atoms with E-state index in [4.69, 9.17) is 4.74 Å². The molecule has 21 heavy (non-hydrogen) atoms. The molecule has 0 saturated heterocycles. The fourth-order valence-electron chi connectivity index (χ4n) is 2.26. The summed E-state index contributed by atoms with van der Waals surface area (Å²) in [6.07, 6.45) is 0. The molecule has 0 aliphatic rings. The maximum atomic E-state index is 12.7. The number of carbonyl (C=O) groups is 1. The van der Waals surface area contributed by atoms with Crippen molar-refractivity contribution < 1.29 is 17.9 Å². The van der Waals surface area contributed by atoms with Gasteiger partial charge in [-0.2, -0.15) is 0 Å². The lowest BCUT2D eigenvalue weighted by Crippen LogP contribution is -2.08. The molecule has 0 aliphatic heterocycles. The molecule has 1 N–H and O–H groups in total. The molecule has 1 aromatic carbocycles. The third-order valence-electron chi connectivity index (χ3n) is 3.17. The number of carbonyl (C=O) groups excluding carboxylic acids is 1. The summed E-state index contributed by atoms with van der Waals surface area (Å²) < 4.78 is 30.3. The van der Waals surface area contributed by atoms with Crippen LogP contribution in [0.25, 0.3) is 0 Å². The van der Waals surface area contributed by atoms with Gasteiger partial charge in [-0.05, 0) is 32.9 Å². The Bertz CT molecular complexity index is 760. The summed E-state index contributed by atoms with van der Waals surface area (Å²) >= 11 is 0. The van der Waals surface area contributed by atoms with Gasteiger partial charge in [0.15, 0.2) is 0 Å². The Kier molecular flexibility index (Phi) is 4.18. The van der Waals surface area contributed by atoms with E-state index in [-0.39, 0.29) is 22.1 Å². The number of benzene rings is 1. The molecule has 6 heteroatoms. The van der Waals surface area contributed by atoms with Gasteiger partial charge in [-0.1, -0.05) is 18.2 Å². The predicted octanol–water partition coefficient (Wildman–Crippen LogP) is 2.64. The summed E-state index contributed by atoms with van der Waals surface area (Å²) in [5, 5.41) is 0. The molecule has 0 radical (unpaired) electrons. The van der Waals surface area contributed by atoms with Crippen LogP contribution in [0.3, 0.4) is 0 Å². The van der Waals surface area contributed by atoms with Gasteiger partial charge in [-0.3, -0.25) is 0 Å². The Morgan fingerprint density at radius 1 is 1.19 bits per heavy atom. The van der Waals surface area contributed by atoms with Crippen LogP contribution in [0.2, 0.25) is 0 Å². The monoisotopic (exact) mass is 307 g/mol. The van der Waals surface area contributed by atoms with Gasteiger partial charge in [-0.15, -0.1) is 0 Å². The molecule has 0 aliphatic carbocycles. The molecule has 1 heterocycles. The molecule has 2 aromatic rings. The zero-order chi connectivity index (χ0) is 15.6. The number of ether oxygens (including phenoxy) is 1. The molecule has 0 saturated carbocycles. The first-order chi connectivity index (χ1) is 9.89. The SMILES string of the molecule is CCOC(=O)c1[nH]c(C)c(S(=O)(=O)c2ccccc2)c1C. The highest BCUT2D eigenvalue weighted by molar-refractivity contribution is 7.91. The molecule has 5 nitrogen and oxygen atoms in total. The van der Waals surface area contributed by atoms with Gasteiger partial charge in [-0.25, -0.2) is 13.2 Å². The first-order valence-corrected chi connectivity index (χ1v) is 8.04. The largest absolute Gasteiger partial charge is 0.461 e. The van der Waals surface area contributed by atoms with Crippen molar-refractivity contribution in [1.29, 1.82) is 0 Å². The Morgan fingerprint density at radius 3 is 2.38 bits per heavy atom. The fraction of sp³-hybridized carbons (Fsp3) is 0.267. The third kappa shape index (κ3) is 2.71. The number of aryl methyl sites for hydroxylation is 1. The zero-order valence-corrected chi connectivity index (χ0v) is 13.0. The molecular formula is C15H17NO4S. The number of hydrogen-bond acceptors (Lipinski definition) is 4. The van der Waals surface area contributed by atoms with Crippen LogP contribution in [-0.2, 0) is 14.6 Å². The first-order valence-electron chi connectivity index (χ1n) is 6.56. The number of sulfone groups is 1. The number of esters is 1.